The van der Waals surface area contributed by atoms with Crippen LogP contribution in [0.4, 0.5) is 30.5 Å². The molecule has 0 saturated carbocycles. The lowest BCUT2D eigenvalue weighted by molar-refractivity contribution is -0.137. The molecular weight excluding hydrogens is 416 g/mol. The Bertz CT molecular complexity index is 826. The first-order valence-electron chi connectivity index (χ1n) is 6.73. The third-order valence-corrected chi connectivity index (χ3v) is 4.44. The van der Waals surface area contributed by atoms with E-state index in [4.69, 9.17) is 0 Å². The van der Waals surface area contributed by atoms with Crippen molar-refractivity contribution in [3.8, 4) is 0 Å². The number of nitrogens with zero attached hydrogens (tertiary/aromatic N) is 1. The van der Waals surface area contributed by atoms with Gasteiger partial charge in [0.05, 0.1) is 16.1 Å². The summed E-state index contributed by atoms with van der Waals surface area (Å²) in [5.41, 5.74) is -0.872. The van der Waals surface area contributed by atoms with E-state index in [1.165, 1.54) is 12.1 Å². The van der Waals surface area contributed by atoms with Crippen molar-refractivity contribution in [2.24, 2.45) is 0 Å². The number of rotatable bonds is 5. The summed E-state index contributed by atoms with van der Waals surface area (Å²) in [6.45, 7) is 0. The molecule has 3 N–H and O–H groups in total. The molecule has 0 unspecified atom stereocenters. The molecule has 1 aromatic carbocycles. The van der Waals surface area contributed by atoms with Crippen molar-refractivity contribution in [3.63, 3.8) is 0 Å². The maximum Gasteiger partial charge on any atom is 0.416 e. The lowest BCUT2D eigenvalue weighted by atomic mass is 10.2. The standard InChI is InChI=1S/C14H15F3N4O2S.2ClH/c1-18-12-7-10(8-13(19-2)20-12)21-24(22,23)11-5-3-4-9(6-11)14(15,16)17;;/h3-8H,1-2H3,(H3,18,19,20,21);2*1H. The molecule has 6 nitrogen and oxygen atoms in total. The Kier molecular flexibility index (Phi) is 8.48. The van der Waals surface area contributed by atoms with Crippen LogP contribution >= 0.6 is 24.8 Å². The molecule has 0 atom stereocenters. The number of hydrogen-bond donors (Lipinski definition) is 3. The minimum absolute atomic E-state index is 0. The Labute approximate surface area is 161 Å². The van der Waals surface area contributed by atoms with Crippen LogP contribution in [0.1, 0.15) is 5.56 Å². The summed E-state index contributed by atoms with van der Waals surface area (Å²) < 4.78 is 65.1. The Morgan fingerprint density at radius 2 is 1.50 bits per heavy atom. The van der Waals surface area contributed by atoms with Crippen molar-refractivity contribution in [3.05, 3.63) is 42.0 Å². The number of hydrogen-bond acceptors (Lipinski definition) is 5. The molecule has 0 saturated heterocycles. The molecule has 0 aliphatic carbocycles. The topological polar surface area (TPSA) is 83.1 Å². The zero-order valence-electron chi connectivity index (χ0n) is 13.6. The fourth-order valence-corrected chi connectivity index (χ4v) is 2.99. The summed E-state index contributed by atoms with van der Waals surface area (Å²) >= 11 is 0. The first-order chi connectivity index (χ1) is 11.2. The number of benzene rings is 1. The normalized spacial score (nSPS) is 11.0. The first-order valence-corrected chi connectivity index (χ1v) is 8.21. The van der Waals surface area contributed by atoms with Crippen molar-refractivity contribution in [2.45, 2.75) is 11.1 Å². The first kappa shape index (κ1) is 24.1. The summed E-state index contributed by atoms with van der Waals surface area (Å²) in [4.78, 5) is 3.63. The molecule has 2 rings (SSSR count). The van der Waals surface area contributed by atoms with Crippen LogP contribution in [0.15, 0.2) is 41.3 Å². The summed E-state index contributed by atoms with van der Waals surface area (Å²) in [5.74, 6) is 0.784. The lowest BCUT2D eigenvalue weighted by Gasteiger charge is -2.13. The van der Waals surface area contributed by atoms with Crippen LogP contribution in [0.2, 0.25) is 0 Å². The number of pyridine rings is 1. The monoisotopic (exact) mass is 432 g/mol. The van der Waals surface area contributed by atoms with Gasteiger partial charge in [-0.05, 0) is 18.2 Å². The molecule has 0 radical (unpaired) electrons. The third-order valence-electron chi connectivity index (χ3n) is 3.06. The Balaban J connectivity index is 0.00000312. The van der Waals surface area contributed by atoms with Gasteiger partial charge in [-0.2, -0.15) is 13.2 Å². The van der Waals surface area contributed by atoms with Crippen LogP contribution in [0.5, 0.6) is 0 Å². The molecule has 12 heteroatoms. The third kappa shape index (κ3) is 5.82. The minimum atomic E-state index is -4.62. The molecule has 0 fully saturated rings. The van der Waals surface area contributed by atoms with E-state index in [0.717, 1.165) is 18.2 Å². The molecule has 1 heterocycles. The van der Waals surface area contributed by atoms with Crippen LogP contribution in [0, 0.1) is 0 Å². The average Bonchev–Trinajstić information content (AvgIpc) is 2.53. The summed E-state index contributed by atoms with van der Waals surface area (Å²) in [7, 11) is -0.971. The molecule has 0 amide bonds. The van der Waals surface area contributed by atoms with E-state index in [1.807, 2.05) is 0 Å². The van der Waals surface area contributed by atoms with Crippen molar-refractivity contribution in [1.29, 1.82) is 0 Å². The quantitative estimate of drug-likeness (QED) is 0.668. The van der Waals surface area contributed by atoms with Crippen LogP contribution in [0.25, 0.3) is 0 Å². The van der Waals surface area contributed by atoms with Gasteiger partial charge < -0.3 is 10.6 Å². The van der Waals surface area contributed by atoms with Gasteiger partial charge in [-0.3, -0.25) is 4.72 Å². The van der Waals surface area contributed by atoms with E-state index >= 15 is 0 Å². The van der Waals surface area contributed by atoms with Gasteiger partial charge in [-0.1, -0.05) is 6.07 Å². The highest BCUT2D eigenvalue weighted by atomic mass is 35.5. The fourth-order valence-electron chi connectivity index (χ4n) is 1.90. The highest BCUT2D eigenvalue weighted by Gasteiger charge is 2.31. The zero-order chi connectivity index (χ0) is 18.0. The van der Waals surface area contributed by atoms with E-state index < -0.39 is 26.7 Å². The molecule has 0 aliphatic rings. The summed E-state index contributed by atoms with van der Waals surface area (Å²) in [6, 6.07) is 6.38. The zero-order valence-corrected chi connectivity index (χ0v) is 16.0. The predicted octanol–water partition coefficient (Wildman–Crippen LogP) is 3.83. The lowest BCUT2D eigenvalue weighted by Crippen LogP contribution is -2.15. The summed E-state index contributed by atoms with van der Waals surface area (Å²) in [6.07, 6.45) is -4.62. The highest BCUT2D eigenvalue weighted by Crippen LogP contribution is 2.31. The number of halogens is 5. The van der Waals surface area contributed by atoms with E-state index in [2.05, 4.69) is 20.3 Å². The predicted molar refractivity (Wildman–Crippen MR) is 100 cm³/mol. The maximum absolute atomic E-state index is 12.7. The van der Waals surface area contributed by atoms with Crippen molar-refractivity contribution in [1.82, 2.24) is 4.98 Å². The van der Waals surface area contributed by atoms with Gasteiger partial charge in [0.25, 0.3) is 10.0 Å². The highest BCUT2D eigenvalue weighted by molar-refractivity contribution is 7.92. The van der Waals surface area contributed by atoms with Crippen LogP contribution < -0.4 is 15.4 Å². The minimum Gasteiger partial charge on any atom is -0.373 e. The van der Waals surface area contributed by atoms with Crippen molar-refractivity contribution in [2.75, 3.05) is 29.5 Å². The van der Waals surface area contributed by atoms with Gasteiger partial charge in [0.2, 0.25) is 0 Å². The van der Waals surface area contributed by atoms with Crippen molar-refractivity contribution < 1.29 is 21.6 Å². The molecule has 2 aromatic rings. The Morgan fingerprint density at radius 3 is 1.96 bits per heavy atom. The van der Waals surface area contributed by atoms with Crippen molar-refractivity contribution >= 4 is 52.2 Å². The number of nitrogens with one attached hydrogen (secondary N) is 3. The maximum atomic E-state index is 12.7. The molecule has 0 aliphatic heterocycles. The fraction of sp³-hybridized carbons (Fsp3) is 0.214. The molecular formula is C14H17Cl2F3N4O2S. The van der Waals surface area contributed by atoms with Gasteiger partial charge >= 0.3 is 6.18 Å². The smallest absolute Gasteiger partial charge is 0.373 e. The number of alkyl halides is 3. The Morgan fingerprint density at radius 1 is 0.962 bits per heavy atom. The van der Waals surface area contributed by atoms with E-state index in [0.29, 0.717) is 17.7 Å². The second kappa shape index (κ2) is 9.15. The van der Waals surface area contributed by atoms with Gasteiger partial charge in [0.15, 0.2) is 0 Å². The second-order valence-corrected chi connectivity index (χ2v) is 6.44. The molecule has 0 bridgehead atoms. The SMILES string of the molecule is CNc1cc(NS(=O)(=O)c2cccc(C(F)(F)F)c2)cc(NC)n1.Cl.Cl. The van der Waals surface area contributed by atoms with Gasteiger partial charge in [0.1, 0.15) is 11.6 Å². The largest absolute Gasteiger partial charge is 0.416 e. The van der Waals surface area contributed by atoms with E-state index in [9.17, 15) is 21.6 Å². The molecule has 26 heavy (non-hydrogen) atoms. The Hall–Kier alpha value is -1.91. The second-order valence-electron chi connectivity index (χ2n) is 4.76. The van der Waals surface area contributed by atoms with Gasteiger partial charge in [-0.25, -0.2) is 13.4 Å². The summed E-state index contributed by atoms with van der Waals surface area (Å²) in [5, 5.41) is 5.52. The van der Waals surface area contributed by atoms with E-state index in [1.54, 1.807) is 14.1 Å². The van der Waals surface area contributed by atoms with Crippen LogP contribution in [-0.2, 0) is 16.2 Å². The van der Waals surface area contributed by atoms with Crippen LogP contribution in [-0.4, -0.2) is 27.5 Å². The number of anilines is 3. The number of aromatic nitrogens is 1. The number of sulfonamides is 1. The average molecular weight is 433 g/mol. The molecule has 0 spiro atoms. The van der Waals surface area contributed by atoms with E-state index in [-0.39, 0.29) is 30.5 Å². The van der Waals surface area contributed by atoms with Gasteiger partial charge in [-0.15, -0.1) is 24.8 Å². The van der Waals surface area contributed by atoms with Crippen LogP contribution in [0.3, 0.4) is 0 Å². The van der Waals surface area contributed by atoms with Gasteiger partial charge in [0, 0.05) is 26.2 Å². The molecule has 146 valence electrons. The molecule has 1 aromatic heterocycles.